The number of alkyl halides is 2. The van der Waals surface area contributed by atoms with E-state index in [9.17, 15) is 30.7 Å². The Labute approximate surface area is 186 Å². The van der Waals surface area contributed by atoms with Crippen molar-refractivity contribution in [3.05, 3.63) is 58.9 Å². The molecule has 0 saturated heterocycles. The van der Waals surface area contributed by atoms with Gasteiger partial charge in [0, 0.05) is 25.3 Å². The lowest BCUT2D eigenvalue weighted by atomic mass is 9.83. The highest BCUT2D eigenvalue weighted by atomic mass is 19.3. The van der Waals surface area contributed by atoms with Gasteiger partial charge in [-0.05, 0) is 56.6 Å². The first-order chi connectivity index (χ1) is 15.6. The van der Waals surface area contributed by atoms with Gasteiger partial charge in [0.15, 0.2) is 29.0 Å². The van der Waals surface area contributed by atoms with E-state index in [2.05, 4.69) is 4.74 Å². The summed E-state index contributed by atoms with van der Waals surface area (Å²) in [6.45, 7) is 3.34. The van der Waals surface area contributed by atoms with Crippen LogP contribution in [-0.2, 0) is 10.8 Å². The first-order valence-corrected chi connectivity index (χ1v) is 10.5. The second-order valence-electron chi connectivity index (χ2n) is 7.92. The fraction of sp³-hybridized carbons (Fsp3) is 0.478. The van der Waals surface area contributed by atoms with Crippen molar-refractivity contribution in [1.29, 1.82) is 0 Å². The van der Waals surface area contributed by atoms with Gasteiger partial charge in [-0.1, -0.05) is 0 Å². The Kier molecular flexibility index (Phi) is 8.10. The van der Waals surface area contributed by atoms with Crippen molar-refractivity contribution in [1.82, 2.24) is 0 Å². The average Bonchev–Trinajstić information content (AvgIpc) is 2.77. The van der Waals surface area contributed by atoms with Crippen molar-refractivity contribution >= 4 is 0 Å². The van der Waals surface area contributed by atoms with Gasteiger partial charge < -0.3 is 14.2 Å². The quantitative estimate of drug-likeness (QED) is 0.294. The zero-order valence-corrected chi connectivity index (χ0v) is 17.8. The lowest BCUT2D eigenvalue weighted by Gasteiger charge is -2.28. The predicted octanol–water partition coefficient (Wildman–Crippen LogP) is 6.73. The van der Waals surface area contributed by atoms with Crippen molar-refractivity contribution in [2.45, 2.75) is 38.7 Å². The summed E-state index contributed by atoms with van der Waals surface area (Å²) in [5.74, 6) is -10.1. The maximum Gasteiger partial charge on any atom is 0.429 e. The van der Waals surface area contributed by atoms with E-state index in [0.29, 0.717) is 25.2 Å². The molecule has 0 bridgehead atoms. The minimum Gasteiger partial charge on any atom is -0.490 e. The van der Waals surface area contributed by atoms with Crippen LogP contribution >= 0.6 is 0 Å². The normalized spacial score (nSPS) is 18.9. The monoisotopic (exact) mass is 480 g/mol. The molecule has 0 aliphatic heterocycles. The predicted molar refractivity (Wildman–Crippen MR) is 105 cm³/mol. The zero-order valence-electron chi connectivity index (χ0n) is 17.8. The van der Waals surface area contributed by atoms with Crippen molar-refractivity contribution in [2.24, 2.45) is 11.8 Å². The second-order valence-corrected chi connectivity index (χ2v) is 7.92. The van der Waals surface area contributed by atoms with Gasteiger partial charge in [0.1, 0.15) is 11.3 Å². The molecule has 10 heteroatoms. The van der Waals surface area contributed by atoms with Crippen LogP contribution in [0.25, 0.3) is 0 Å². The first kappa shape index (κ1) is 25.1. The fourth-order valence-electron chi connectivity index (χ4n) is 3.72. The second kappa shape index (κ2) is 10.6. The molecule has 0 heterocycles. The standard InChI is InChI=1S/C23H23F7O3/c1-2-31-11-13-3-5-14(6-4-13)12-32-19-8-7-16(20(26)22(19)28)23(29,30)33-15-9-17(24)21(27)18(25)10-15/h7-10,13-14H,2-6,11-12H2,1H3. The topological polar surface area (TPSA) is 27.7 Å². The molecule has 0 radical (unpaired) electrons. The summed E-state index contributed by atoms with van der Waals surface area (Å²) in [7, 11) is 0. The SMILES string of the molecule is CCOCC1CCC(COc2ccc(C(F)(F)Oc3cc(F)c(F)c(F)c3)c(F)c2F)CC1. The molecule has 0 unspecified atom stereocenters. The van der Waals surface area contributed by atoms with Gasteiger partial charge in [0.05, 0.1) is 6.61 Å². The van der Waals surface area contributed by atoms with Gasteiger partial charge in [-0.15, -0.1) is 0 Å². The largest absolute Gasteiger partial charge is 0.490 e. The van der Waals surface area contributed by atoms with E-state index in [0.717, 1.165) is 31.7 Å². The molecular weight excluding hydrogens is 457 g/mol. The van der Waals surface area contributed by atoms with Gasteiger partial charge in [-0.2, -0.15) is 13.2 Å². The molecule has 1 fully saturated rings. The van der Waals surface area contributed by atoms with Crippen LogP contribution in [0.15, 0.2) is 24.3 Å². The Morgan fingerprint density at radius 2 is 1.39 bits per heavy atom. The minimum absolute atomic E-state index is 0.0953. The molecule has 3 nitrogen and oxygen atoms in total. The minimum atomic E-state index is -4.50. The third kappa shape index (κ3) is 6.10. The third-order valence-corrected chi connectivity index (χ3v) is 5.56. The van der Waals surface area contributed by atoms with Crippen LogP contribution in [0.3, 0.4) is 0 Å². The van der Waals surface area contributed by atoms with Gasteiger partial charge >= 0.3 is 6.11 Å². The molecule has 2 aromatic carbocycles. The summed E-state index contributed by atoms with van der Waals surface area (Å²) in [5.41, 5.74) is -1.51. The number of halogens is 7. The molecule has 1 aliphatic rings. The third-order valence-electron chi connectivity index (χ3n) is 5.56. The fourth-order valence-corrected chi connectivity index (χ4v) is 3.72. The number of ether oxygens (including phenoxy) is 3. The summed E-state index contributed by atoms with van der Waals surface area (Å²) < 4.78 is 112. The first-order valence-electron chi connectivity index (χ1n) is 10.5. The molecule has 1 aliphatic carbocycles. The summed E-state index contributed by atoms with van der Waals surface area (Å²) in [4.78, 5) is 0. The van der Waals surface area contributed by atoms with E-state index in [4.69, 9.17) is 9.47 Å². The Bertz CT molecular complexity index is 936. The van der Waals surface area contributed by atoms with Crippen LogP contribution in [0, 0.1) is 40.9 Å². The van der Waals surface area contributed by atoms with Crippen molar-refractivity contribution in [3.8, 4) is 11.5 Å². The van der Waals surface area contributed by atoms with Gasteiger partial charge in [-0.3, -0.25) is 0 Å². The molecule has 0 amide bonds. The number of benzene rings is 2. The summed E-state index contributed by atoms with van der Waals surface area (Å²) >= 11 is 0. The van der Waals surface area contributed by atoms with E-state index in [-0.39, 0.29) is 24.7 Å². The van der Waals surface area contributed by atoms with Crippen LogP contribution in [0.4, 0.5) is 30.7 Å². The molecule has 0 N–H and O–H groups in total. The molecular formula is C23H23F7O3. The van der Waals surface area contributed by atoms with Crippen molar-refractivity contribution in [2.75, 3.05) is 19.8 Å². The van der Waals surface area contributed by atoms with Crippen molar-refractivity contribution in [3.63, 3.8) is 0 Å². The van der Waals surface area contributed by atoms with E-state index >= 15 is 0 Å². The number of hydrogen-bond acceptors (Lipinski definition) is 3. The maximum atomic E-state index is 14.4. The molecule has 33 heavy (non-hydrogen) atoms. The van der Waals surface area contributed by atoms with Crippen LogP contribution in [-0.4, -0.2) is 19.8 Å². The van der Waals surface area contributed by atoms with Crippen LogP contribution in [0.1, 0.15) is 38.2 Å². The van der Waals surface area contributed by atoms with E-state index in [1.165, 1.54) is 0 Å². The van der Waals surface area contributed by atoms with Gasteiger partial charge in [-0.25, -0.2) is 17.6 Å². The smallest absolute Gasteiger partial charge is 0.429 e. The highest BCUT2D eigenvalue weighted by Crippen LogP contribution is 2.37. The average molecular weight is 480 g/mol. The summed E-state index contributed by atoms with van der Waals surface area (Å²) in [6.07, 6.45) is -1.04. The Morgan fingerprint density at radius 3 is 1.97 bits per heavy atom. The van der Waals surface area contributed by atoms with E-state index in [1.807, 2.05) is 6.92 Å². The van der Waals surface area contributed by atoms with Gasteiger partial charge in [0.25, 0.3) is 0 Å². The van der Waals surface area contributed by atoms with Gasteiger partial charge in [0.2, 0.25) is 5.82 Å². The summed E-state index contributed by atoms with van der Waals surface area (Å²) in [5, 5.41) is 0. The number of rotatable bonds is 9. The van der Waals surface area contributed by atoms with E-state index < -0.39 is 52.3 Å². The van der Waals surface area contributed by atoms with Crippen LogP contribution in [0.2, 0.25) is 0 Å². The highest BCUT2D eigenvalue weighted by molar-refractivity contribution is 5.34. The molecule has 0 spiro atoms. The molecule has 182 valence electrons. The zero-order chi connectivity index (χ0) is 24.2. The lowest BCUT2D eigenvalue weighted by Crippen LogP contribution is -2.25. The van der Waals surface area contributed by atoms with Crippen LogP contribution < -0.4 is 9.47 Å². The molecule has 2 aromatic rings. The molecule has 1 saturated carbocycles. The maximum absolute atomic E-state index is 14.4. The molecule has 0 aromatic heterocycles. The van der Waals surface area contributed by atoms with Crippen LogP contribution in [0.5, 0.6) is 11.5 Å². The molecule has 3 rings (SSSR count). The van der Waals surface area contributed by atoms with E-state index in [1.54, 1.807) is 0 Å². The Hall–Kier alpha value is -2.49. The highest BCUT2D eigenvalue weighted by Gasteiger charge is 2.40. The van der Waals surface area contributed by atoms with Crippen molar-refractivity contribution < 1.29 is 44.9 Å². The Morgan fingerprint density at radius 1 is 0.818 bits per heavy atom. The molecule has 0 atom stereocenters. The number of hydrogen-bond donors (Lipinski definition) is 0. The lowest BCUT2D eigenvalue weighted by molar-refractivity contribution is -0.188. The Balaban J connectivity index is 1.65. The summed E-state index contributed by atoms with van der Waals surface area (Å²) in [6, 6.07) is 1.73.